The Labute approximate surface area is 328 Å². The molecule has 54 heavy (non-hydrogen) atoms. The summed E-state index contributed by atoms with van der Waals surface area (Å²) in [6.45, 7) is 2.78. The lowest BCUT2D eigenvalue weighted by molar-refractivity contribution is -0.161. The lowest BCUT2D eigenvalue weighted by Crippen LogP contribution is -2.34. The fourth-order valence-electron chi connectivity index (χ4n) is 5.80. The zero-order chi connectivity index (χ0) is 40.0. The second-order valence-corrected chi connectivity index (χ2v) is 15.9. The van der Waals surface area contributed by atoms with Gasteiger partial charge in [-0.1, -0.05) is 160 Å². The minimum Gasteiger partial charge on any atom is -0.480 e. The molecule has 0 rings (SSSR count). The molecular weight excluding hydrogens is 709 g/mol. The number of esters is 2. The second-order valence-electron chi connectivity index (χ2n) is 14.5. The molecule has 0 saturated heterocycles. The molecule has 0 bridgehead atoms. The predicted molar refractivity (Wildman–Crippen MR) is 217 cm³/mol. The summed E-state index contributed by atoms with van der Waals surface area (Å²) in [7, 11) is -4.71. The summed E-state index contributed by atoms with van der Waals surface area (Å²) < 4.78 is 32.6. The molecule has 12 heteroatoms. The number of hydrogen-bond acceptors (Lipinski definition) is 9. The molecule has 316 valence electrons. The number of hydrogen-bond donors (Lipinski definition) is 3. The number of rotatable bonds is 40. The van der Waals surface area contributed by atoms with Gasteiger partial charge < -0.3 is 25.2 Å². The molecule has 0 fully saturated rings. The molecule has 3 atom stereocenters. The van der Waals surface area contributed by atoms with E-state index in [2.05, 4.69) is 42.7 Å². The Morgan fingerprint density at radius 1 is 0.574 bits per heavy atom. The Hall–Kier alpha value is -2.04. The van der Waals surface area contributed by atoms with Gasteiger partial charge in [-0.25, -0.2) is 4.57 Å². The van der Waals surface area contributed by atoms with Crippen LogP contribution in [0, 0.1) is 0 Å². The van der Waals surface area contributed by atoms with Gasteiger partial charge in [-0.15, -0.1) is 0 Å². The fourth-order valence-corrected chi connectivity index (χ4v) is 6.58. The van der Waals surface area contributed by atoms with Crippen LogP contribution in [-0.4, -0.2) is 59.9 Å². The molecule has 0 heterocycles. The van der Waals surface area contributed by atoms with Crippen LogP contribution >= 0.6 is 7.82 Å². The number of aliphatic carboxylic acids is 1. The number of allylic oxidation sites excluding steroid dienone is 4. The van der Waals surface area contributed by atoms with E-state index in [4.69, 9.17) is 24.8 Å². The summed E-state index contributed by atoms with van der Waals surface area (Å²) in [4.78, 5) is 45.9. The van der Waals surface area contributed by atoms with E-state index < -0.39 is 51.1 Å². The molecule has 11 nitrogen and oxygen atoms in total. The number of ether oxygens (including phenoxy) is 2. The van der Waals surface area contributed by atoms with Crippen molar-refractivity contribution in [3.8, 4) is 0 Å². The van der Waals surface area contributed by atoms with Crippen molar-refractivity contribution in [1.82, 2.24) is 0 Å². The first-order valence-corrected chi connectivity index (χ1v) is 22.9. The zero-order valence-electron chi connectivity index (χ0n) is 34.1. The summed E-state index contributed by atoms with van der Waals surface area (Å²) in [5, 5.41) is 8.88. The Bertz CT molecular complexity index is 1020. The van der Waals surface area contributed by atoms with Gasteiger partial charge >= 0.3 is 25.7 Å². The van der Waals surface area contributed by atoms with Crippen LogP contribution < -0.4 is 5.73 Å². The Kier molecular flexibility index (Phi) is 36.4. The third kappa shape index (κ3) is 36.9. The number of carboxylic acid groups (broad SMARTS) is 1. The zero-order valence-corrected chi connectivity index (χ0v) is 35.0. The molecule has 0 saturated carbocycles. The van der Waals surface area contributed by atoms with Gasteiger partial charge in [0.1, 0.15) is 12.6 Å². The summed E-state index contributed by atoms with van der Waals surface area (Å²) >= 11 is 0. The summed E-state index contributed by atoms with van der Waals surface area (Å²) in [6.07, 6.45) is 38.1. The minimum absolute atomic E-state index is 0.155. The maximum absolute atomic E-state index is 12.6. The summed E-state index contributed by atoms with van der Waals surface area (Å²) in [6, 6.07) is -1.52. The van der Waals surface area contributed by atoms with E-state index in [1.54, 1.807) is 0 Å². The normalized spacial score (nSPS) is 14.0. The van der Waals surface area contributed by atoms with E-state index in [-0.39, 0.29) is 19.4 Å². The molecule has 0 spiro atoms. The van der Waals surface area contributed by atoms with Crippen LogP contribution in [0.4, 0.5) is 0 Å². The standard InChI is InChI=1S/C42H78NO10P/c1-3-5-7-9-11-13-15-17-18-19-20-21-22-24-26-28-30-32-34-41(45)53-38(36-51-54(48,49)52-37-39(43)42(46)47)35-50-40(44)33-31-29-27-25-23-16-14-12-10-8-6-4-2/h13,15,18-19,38-39H,3-12,14,16-17,20-37,43H2,1-2H3,(H,46,47)(H,48,49)/b15-13-,19-18-. The lowest BCUT2D eigenvalue weighted by Gasteiger charge is -2.20. The highest BCUT2D eigenvalue weighted by Crippen LogP contribution is 2.43. The number of unbranched alkanes of at least 4 members (excludes halogenated alkanes) is 22. The van der Waals surface area contributed by atoms with E-state index in [1.165, 1.54) is 96.3 Å². The van der Waals surface area contributed by atoms with Gasteiger partial charge in [0, 0.05) is 12.8 Å². The number of carboxylic acids is 1. The Balaban J connectivity index is 4.36. The van der Waals surface area contributed by atoms with Crippen LogP contribution in [0.1, 0.15) is 194 Å². The topological polar surface area (TPSA) is 172 Å². The highest BCUT2D eigenvalue weighted by atomic mass is 31.2. The van der Waals surface area contributed by atoms with Crippen LogP contribution in [0.3, 0.4) is 0 Å². The van der Waals surface area contributed by atoms with Crippen molar-refractivity contribution >= 4 is 25.7 Å². The van der Waals surface area contributed by atoms with E-state index in [9.17, 15) is 23.8 Å². The SMILES string of the molecule is CCCCCC/C=C\C/C=C\CCCCCCCCCC(=O)OC(COC(=O)CCCCCCCCCCCCCC)COP(=O)(O)OCC(N)C(=O)O. The molecule has 0 aromatic rings. The molecule has 0 aromatic heterocycles. The molecule has 0 aliphatic heterocycles. The number of phosphoric ester groups is 1. The highest BCUT2D eigenvalue weighted by Gasteiger charge is 2.28. The van der Waals surface area contributed by atoms with Crippen molar-refractivity contribution in [2.45, 2.75) is 206 Å². The van der Waals surface area contributed by atoms with Crippen LogP contribution in [0.15, 0.2) is 24.3 Å². The van der Waals surface area contributed by atoms with Crippen molar-refractivity contribution in [3.63, 3.8) is 0 Å². The molecule has 3 unspecified atom stereocenters. The third-order valence-electron chi connectivity index (χ3n) is 9.20. The summed E-state index contributed by atoms with van der Waals surface area (Å²) in [5.74, 6) is -2.38. The van der Waals surface area contributed by atoms with Gasteiger partial charge in [0.25, 0.3) is 0 Å². The van der Waals surface area contributed by atoms with Gasteiger partial charge in [-0.05, 0) is 44.9 Å². The first-order chi connectivity index (χ1) is 26.1. The largest absolute Gasteiger partial charge is 0.480 e. The second kappa shape index (κ2) is 37.9. The summed E-state index contributed by atoms with van der Waals surface area (Å²) in [5.41, 5.74) is 5.33. The van der Waals surface area contributed by atoms with Gasteiger partial charge in [0.05, 0.1) is 13.2 Å². The van der Waals surface area contributed by atoms with Crippen molar-refractivity contribution in [1.29, 1.82) is 0 Å². The third-order valence-corrected chi connectivity index (χ3v) is 10.2. The van der Waals surface area contributed by atoms with E-state index in [0.717, 1.165) is 57.8 Å². The van der Waals surface area contributed by atoms with Gasteiger partial charge in [-0.3, -0.25) is 23.4 Å². The van der Waals surface area contributed by atoms with Crippen molar-refractivity contribution in [2.75, 3.05) is 19.8 Å². The van der Waals surface area contributed by atoms with Crippen molar-refractivity contribution in [3.05, 3.63) is 24.3 Å². The number of carbonyl (C=O) groups excluding carboxylic acids is 2. The van der Waals surface area contributed by atoms with E-state index >= 15 is 0 Å². The smallest absolute Gasteiger partial charge is 0.472 e. The van der Waals surface area contributed by atoms with Crippen LogP contribution in [-0.2, 0) is 37.5 Å². The minimum atomic E-state index is -4.71. The van der Waals surface area contributed by atoms with Gasteiger partial charge in [0.15, 0.2) is 6.10 Å². The van der Waals surface area contributed by atoms with Crippen LogP contribution in [0.5, 0.6) is 0 Å². The molecule has 0 radical (unpaired) electrons. The monoisotopic (exact) mass is 788 g/mol. The van der Waals surface area contributed by atoms with Crippen molar-refractivity contribution in [2.24, 2.45) is 5.73 Å². The molecule has 0 amide bonds. The maximum atomic E-state index is 12.6. The number of phosphoric acid groups is 1. The van der Waals surface area contributed by atoms with Gasteiger partial charge in [0.2, 0.25) is 0 Å². The first-order valence-electron chi connectivity index (χ1n) is 21.4. The number of carbonyl (C=O) groups is 3. The Morgan fingerprint density at radius 2 is 0.981 bits per heavy atom. The Morgan fingerprint density at radius 3 is 1.46 bits per heavy atom. The van der Waals surface area contributed by atoms with Crippen LogP contribution in [0.2, 0.25) is 0 Å². The average molecular weight is 788 g/mol. The molecular formula is C42H78NO10P. The first kappa shape index (κ1) is 52.0. The van der Waals surface area contributed by atoms with Crippen molar-refractivity contribution < 1.29 is 47.5 Å². The van der Waals surface area contributed by atoms with E-state index in [0.29, 0.717) is 12.8 Å². The lowest BCUT2D eigenvalue weighted by atomic mass is 10.0. The fraction of sp³-hybridized carbons (Fsp3) is 0.833. The average Bonchev–Trinajstić information content (AvgIpc) is 3.14. The highest BCUT2D eigenvalue weighted by molar-refractivity contribution is 7.47. The molecule has 4 N–H and O–H groups in total. The van der Waals surface area contributed by atoms with Gasteiger partial charge in [-0.2, -0.15) is 0 Å². The molecule has 0 aliphatic rings. The molecule has 0 aliphatic carbocycles. The quantitative estimate of drug-likeness (QED) is 0.0233. The number of nitrogens with two attached hydrogens (primary N) is 1. The predicted octanol–water partition coefficient (Wildman–Crippen LogP) is 11.1. The van der Waals surface area contributed by atoms with Crippen LogP contribution in [0.25, 0.3) is 0 Å². The maximum Gasteiger partial charge on any atom is 0.472 e. The van der Waals surface area contributed by atoms with E-state index in [1.807, 2.05) is 0 Å². The molecule has 0 aromatic carbocycles.